The molecule has 0 aliphatic heterocycles. The zero-order valence-corrected chi connectivity index (χ0v) is 16.0. The van der Waals surface area contributed by atoms with E-state index in [0.29, 0.717) is 11.3 Å². The van der Waals surface area contributed by atoms with Gasteiger partial charge in [0.1, 0.15) is 12.3 Å². The van der Waals surface area contributed by atoms with Crippen LogP contribution in [0, 0.1) is 5.92 Å². The van der Waals surface area contributed by atoms with Gasteiger partial charge in [0.15, 0.2) is 5.78 Å². The van der Waals surface area contributed by atoms with E-state index in [9.17, 15) is 14.4 Å². The number of carbonyl (C=O) groups is 3. The van der Waals surface area contributed by atoms with Gasteiger partial charge >= 0.3 is 5.97 Å². The Morgan fingerprint density at radius 3 is 2.68 bits per heavy atom. The highest BCUT2D eigenvalue weighted by Gasteiger charge is 2.20. The van der Waals surface area contributed by atoms with Crippen molar-refractivity contribution in [3.8, 4) is 5.75 Å². The summed E-state index contributed by atoms with van der Waals surface area (Å²) in [6, 6.07) is 4.18. The largest absolute Gasteiger partial charge is 0.497 e. The van der Waals surface area contributed by atoms with Gasteiger partial charge in [-0.05, 0) is 24.1 Å². The molecule has 2 aromatic rings. The molecule has 2 N–H and O–H groups in total. The molecule has 0 saturated heterocycles. The van der Waals surface area contributed by atoms with Crippen LogP contribution < -0.4 is 10.1 Å². The average Bonchev–Trinajstić information content (AvgIpc) is 2.81. The molecule has 6 nitrogen and oxygen atoms in total. The van der Waals surface area contributed by atoms with E-state index < -0.39 is 54.6 Å². The summed E-state index contributed by atoms with van der Waals surface area (Å²) in [5, 5.41) is 11.1. The van der Waals surface area contributed by atoms with Gasteiger partial charge in [-0.1, -0.05) is 42.3 Å². The third kappa shape index (κ3) is 7.08. The number of carboxylic acid groups (broad SMARTS) is 1. The number of benzene rings is 2. The van der Waals surface area contributed by atoms with Crippen molar-refractivity contribution in [3.05, 3.63) is 65.6 Å². The number of rotatable bonds is 11. The lowest BCUT2D eigenvalue weighted by atomic mass is 10.0. The summed E-state index contributed by atoms with van der Waals surface area (Å²) in [4.78, 5) is 35.9. The Kier molecular flexibility index (Phi) is 6.03. The molecule has 0 spiro atoms. The third-order valence-electron chi connectivity index (χ3n) is 3.73. The molecule has 0 aliphatic rings. The number of hydrogen-bond donors (Lipinski definition) is 2. The van der Waals surface area contributed by atoms with E-state index in [1.807, 2.05) is 0 Å². The van der Waals surface area contributed by atoms with E-state index in [2.05, 4.69) is 5.32 Å². The van der Waals surface area contributed by atoms with Gasteiger partial charge in [0.25, 0.3) is 0 Å². The summed E-state index contributed by atoms with van der Waals surface area (Å²) in [5.74, 6) is -2.39. The molecule has 0 radical (unpaired) electrons. The standard InChI is InChI=1S/C21H23NO5S/c1-27-18-9-5-8-16(11-18)19(23)14-28-13-17(21(26)22-12-20(24)25)10-15-6-3-2-4-7-15/h2-9,11,17H,10,12-14H2,1H3,(H,22,26)(H,24,25)/i2D,3D,4D,6D,7D. The predicted octanol–water partition coefficient (Wildman–Crippen LogP) is 2.67. The molecule has 7 heteroatoms. The van der Waals surface area contributed by atoms with Gasteiger partial charge < -0.3 is 15.2 Å². The average molecular weight is 407 g/mol. The Hall–Kier alpha value is -2.80. The van der Waals surface area contributed by atoms with Crippen molar-refractivity contribution in [2.75, 3.05) is 25.2 Å². The number of ketones is 1. The molecule has 0 aromatic heterocycles. The summed E-state index contributed by atoms with van der Waals surface area (Å²) in [7, 11) is 1.48. The quantitative estimate of drug-likeness (QED) is 0.558. The van der Waals surface area contributed by atoms with Crippen molar-refractivity contribution in [1.29, 1.82) is 0 Å². The zero-order valence-electron chi connectivity index (χ0n) is 20.2. The lowest BCUT2D eigenvalue weighted by Gasteiger charge is -2.16. The molecule has 148 valence electrons. The number of amides is 1. The van der Waals surface area contributed by atoms with Crippen LogP contribution in [0.3, 0.4) is 0 Å². The van der Waals surface area contributed by atoms with E-state index in [4.69, 9.17) is 16.7 Å². The van der Waals surface area contributed by atoms with Gasteiger partial charge in [-0.15, -0.1) is 0 Å². The second-order valence-electron chi connectivity index (χ2n) is 5.79. The second-order valence-corrected chi connectivity index (χ2v) is 6.82. The summed E-state index contributed by atoms with van der Waals surface area (Å²) in [6.45, 7) is -0.622. The summed E-state index contributed by atoms with van der Waals surface area (Å²) >= 11 is 1.13. The maximum atomic E-state index is 12.6. The van der Waals surface area contributed by atoms with Crippen molar-refractivity contribution < 1.29 is 31.1 Å². The summed E-state index contributed by atoms with van der Waals surface area (Å²) in [6.07, 6.45) is -0.207. The summed E-state index contributed by atoms with van der Waals surface area (Å²) < 4.78 is 44.5. The number of carbonyl (C=O) groups excluding carboxylic acids is 2. The monoisotopic (exact) mass is 406 g/mol. The Morgan fingerprint density at radius 1 is 1.25 bits per heavy atom. The first-order valence-electron chi connectivity index (χ1n) is 10.9. The molecule has 0 heterocycles. The van der Waals surface area contributed by atoms with Crippen LogP contribution in [0.2, 0.25) is 0 Å². The maximum absolute atomic E-state index is 12.6. The Bertz CT molecular complexity index is 1040. The molecular formula is C21H23NO5S. The number of aliphatic carboxylic acids is 1. The van der Waals surface area contributed by atoms with E-state index in [-0.39, 0.29) is 29.3 Å². The minimum absolute atomic E-state index is 0.0242. The molecule has 0 bridgehead atoms. The number of thioether (sulfide) groups is 1. The Labute approximate surface area is 175 Å². The van der Waals surface area contributed by atoms with Crippen LogP contribution in [0.25, 0.3) is 0 Å². The van der Waals surface area contributed by atoms with Gasteiger partial charge in [-0.2, -0.15) is 11.8 Å². The fourth-order valence-electron chi connectivity index (χ4n) is 2.33. The van der Waals surface area contributed by atoms with Crippen molar-refractivity contribution in [1.82, 2.24) is 5.32 Å². The first-order chi connectivity index (χ1) is 15.6. The number of Topliss-reactive ketones (excluding diaryl/α,β-unsaturated/α-hetero) is 1. The van der Waals surface area contributed by atoms with E-state index in [0.717, 1.165) is 11.8 Å². The molecule has 1 atom stereocenters. The van der Waals surface area contributed by atoms with E-state index >= 15 is 0 Å². The first-order valence-corrected chi connectivity index (χ1v) is 9.52. The third-order valence-corrected chi connectivity index (χ3v) is 4.84. The SMILES string of the molecule is [2H]c1c([2H])c([2H])c(CC(CSCC(=O)c2cccc(OC)c2)C(=O)NCC(=O)O)c([2H])c1[2H]. The molecular weight excluding hydrogens is 378 g/mol. The molecule has 0 aliphatic carbocycles. The van der Waals surface area contributed by atoms with Crippen molar-refractivity contribution in [2.45, 2.75) is 6.42 Å². The molecule has 2 rings (SSSR count). The maximum Gasteiger partial charge on any atom is 0.322 e. The van der Waals surface area contributed by atoms with Crippen LogP contribution >= 0.6 is 11.8 Å². The molecule has 1 amide bonds. The van der Waals surface area contributed by atoms with Crippen LogP contribution in [0.4, 0.5) is 0 Å². The molecule has 1 unspecified atom stereocenters. The first kappa shape index (κ1) is 15.2. The minimum atomic E-state index is -1.24. The number of hydrogen-bond acceptors (Lipinski definition) is 5. The highest BCUT2D eigenvalue weighted by atomic mass is 32.2. The van der Waals surface area contributed by atoms with Gasteiger partial charge in [-0.3, -0.25) is 14.4 Å². The fraction of sp³-hybridized carbons (Fsp3) is 0.286. The number of methoxy groups -OCH3 is 1. The summed E-state index contributed by atoms with van der Waals surface area (Å²) in [5.41, 5.74) is 0.385. The molecule has 0 fully saturated rings. The molecule has 2 aromatic carbocycles. The van der Waals surface area contributed by atoms with Crippen LogP contribution in [0.15, 0.2) is 54.5 Å². The van der Waals surface area contributed by atoms with Crippen molar-refractivity contribution in [2.24, 2.45) is 5.92 Å². The highest BCUT2D eigenvalue weighted by Crippen LogP contribution is 2.18. The predicted molar refractivity (Wildman–Crippen MR) is 109 cm³/mol. The zero-order chi connectivity index (χ0) is 24.7. The molecule has 0 saturated carbocycles. The lowest BCUT2D eigenvalue weighted by molar-refractivity contribution is -0.138. The van der Waals surface area contributed by atoms with Crippen molar-refractivity contribution >= 4 is 29.4 Å². The molecule has 28 heavy (non-hydrogen) atoms. The number of carboxylic acids is 1. The van der Waals surface area contributed by atoms with Gasteiger partial charge in [-0.25, -0.2) is 0 Å². The van der Waals surface area contributed by atoms with Crippen LogP contribution in [0.5, 0.6) is 5.75 Å². The Balaban J connectivity index is 2.19. The fourth-order valence-corrected chi connectivity index (χ4v) is 3.36. The smallest absolute Gasteiger partial charge is 0.322 e. The van der Waals surface area contributed by atoms with Gasteiger partial charge in [0.05, 0.1) is 25.6 Å². The van der Waals surface area contributed by atoms with Gasteiger partial charge in [0, 0.05) is 11.3 Å². The Morgan fingerprint density at radius 2 is 2.00 bits per heavy atom. The van der Waals surface area contributed by atoms with E-state index in [1.165, 1.54) is 7.11 Å². The lowest BCUT2D eigenvalue weighted by Crippen LogP contribution is -2.36. The van der Waals surface area contributed by atoms with Crippen LogP contribution in [-0.2, 0) is 16.0 Å². The van der Waals surface area contributed by atoms with Gasteiger partial charge in [0.2, 0.25) is 5.91 Å². The minimum Gasteiger partial charge on any atom is -0.497 e. The van der Waals surface area contributed by atoms with Crippen LogP contribution in [-0.4, -0.2) is 47.9 Å². The highest BCUT2D eigenvalue weighted by molar-refractivity contribution is 8.00. The number of ether oxygens (including phenoxy) is 1. The van der Waals surface area contributed by atoms with Crippen LogP contribution in [0.1, 0.15) is 22.8 Å². The normalized spacial score (nSPS) is 14.0. The van der Waals surface area contributed by atoms with E-state index in [1.54, 1.807) is 24.3 Å². The number of nitrogens with one attached hydrogen (secondary N) is 1. The van der Waals surface area contributed by atoms with Crippen molar-refractivity contribution in [3.63, 3.8) is 0 Å². The topological polar surface area (TPSA) is 92.7 Å². The second kappa shape index (κ2) is 11.1.